The van der Waals surface area contributed by atoms with E-state index in [1.165, 1.54) is 13.2 Å². The summed E-state index contributed by atoms with van der Waals surface area (Å²) in [4.78, 5) is 18.9. The number of nitrogens with zero attached hydrogens (tertiary/aromatic N) is 4. The van der Waals surface area contributed by atoms with Crippen LogP contribution in [0.2, 0.25) is 0 Å². The molecule has 0 spiro atoms. The third-order valence-corrected chi connectivity index (χ3v) is 5.39. The fourth-order valence-corrected chi connectivity index (χ4v) is 3.74. The number of amides is 1. The number of alkyl halides is 3. The maximum absolute atomic E-state index is 13.8. The van der Waals surface area contributed by atoms with Crippen LogP contribution in [0.1, 0.15) is 42.4 Å². The maximum Gasteiger partial charge on any atom is 0.433 e. The SMILES string of the molecule is COc1ccc(-c2cc(C(F)(F)F)n3nc(C(=O)N4CCCC[C@@H]4C)cc3n2)cc1. The second-order valence-corrected chi connectivity index (χ2v) is 7.40. The third kappa shape index (κ3) is 3.71. The van der Waals surface area contributed by atoms with E-state index in [-0.39, 0.29) is 29.0 Å². The van der Waals surface area contributed by atoms with Gasteiger partial charge in [0.1, 0.15) is 5.75 Å². The first kappa shape index (κ1) is 20.2. The van der Waals surface area contributed by atoms with Crippen molar-refractivity contribution < 1.29 is 22.7 Å². The number of carbonyl (C=O) groups is 1. The van der Waals surface area contributed by atoms with Gasteiger partial charge in [0.2, 0.25) is 0 Å². The molecule has 3 heterocycles. The van der Waals surface area contributed by atoms with Crippen LogP contribution < -0.4 is 4.74 Å². The summed E-state index contributed by atoms with van der Waals surface area (Å²) < 4.78 is 47.1. The smallest absolute Gasteiger partial charge is 0.433 e. The lowest BCUT2D eigenvalue weighted by atomic mass is 10.0. The predicted molar refractivity (Wildman–Crippen MR) is 104 cm³/mol. The molecule has 0 N–H and O–H groups in total. The Hall–Kier alpha value is -3.10. The van der Waals surface area contributed by atoms with Crippen LogP contribution in [-0.4, -0.2) is 45.1 Å². The zero-order chi connectivity index (χ0) is 21.5. The quantitative estimate of drug-likeness (QED) is 0.631. The predicted octanol–water partition coefficient (Wildman–Crippen LogP) is 4.44. The van der Waals surface area contributed by atoms with Crippen molar-refractivity contribution in [2.75, 3.05) is 13.7 Å². The first-order chi connectivity index (χ1) is 14.3. The van der Waals surface area contributed by atoms with E-state index >= 15 is 0 Å². The Morgan fingerprint density at radius 1 is 1.17 bits per heavy atom. The molecule has 0 saturated carbocycles. The first-order valence-corrected chi connectivity index (χ1v) is 9.71. The normalized spacial score (nSPS) is 17.4. The molecule has 1 fully saturated rings. The van der Waals surface area contributed by atoms with Crippen LogP contribution in [0.3, 0.4) is 0 Å². The molecule has 158 valence electrons. The van der Waals surface area contributed by atoms with Gasteiger partial charge in [-0.3, -0.25) is 4.79 Å². The van der Waals surface area contributed by atoms with E-state index in [0.29, 0.717) is 22.4 Å². The molecule has 1 aliphatic rings. The first-order valence-electron chi connectivity index (χ1n) is 9.71. The molecule has 0 aliphatic carbocycles. The molecule has 1 saturated heterocycles. The number of rotatable bonds is 3. The zero-order valence-corrected chi connectivity index (χ0v) is 16.6. The molecule has 2 aromatic heterocycles. The van der Waals surface area contributed by atoms with E-state index in [4.69, 9.17) is 4.74 Å². The van der Waals surface area contributed by atoms with Crippen LogP contribution in [0.15, 0.2) is 36.4 Å². The molecule has 0 bridgehead atoms. The number of fused-ring (bicyclic) bond motifs is 1. The highest BCUT2D eigenvalue weighted by Crippen LogP contribution is 2.33. The molecule has 1 aliphatic heterocycles. The van der Waals surface area contributed by atoms with Crippen molar-refractivity contribution in [2.24, 2.45) is 0 Å². The lowest BCUT2D eigenvalue weighted by Crippen LogP contribution is -2.42. The van der Waals surface area contributed by atoms with Gasteiger partial charge in [0.25, 0.3) is 5.91 Å². The van der Waals surface area contributed by atoms with Gasteiger partial charge >= 0.3 is 6.18 Å². The van der Waals surface area contributed by atoms with E-state index < -0.39 is 11.9 Å². The monoisotopic (exact) mass is 418 g/mol. The lowest BCUT2D eigenvalue weighted by molar-refractivity contribution is -0.142. The molecule has 1 amide bonds. The Balaban J connectivity index is 1.80. The van der Waals surface area contributed by atoms with Gasteiger partial charge in [0.05, 0.1) is 12.8 Å². The highest BCUT2D eigenvalue weighted by atomic mass is 19.4. The van der Waals surface area contributed by atoms with Gasteiger partial charge in [-0.2, -0.15) is 18.3 Å². The Bertz CT molecular complexity index is 1080. The Morgan fingerprint density at radius 2 is 1.90 bits per heavy atom. The van der Waals surface area contributed by atoms with E-state index in [1.807, 2.05) is 6.92 Å². The van der Waals surface area contributed by atoms with Crippen LogP contribution in [0.25, 0.3) is 16.9 Å². The number of aromatic nitrogens is 3. The topological polar surface area (TPSA) is 59.7 Å². The Labute approximate surface area is 171 Å². The number of piperidine rings is 1. The largest absolute Gasteiger partial charge is 0.497 e. The van der Waals surface area contributed by atoms with Gasteiger partial charge in [-0.15, -0.1) is 0 Å². The second-order valence-electron chi connectivity index (χ2n) is 7.40. The van der Waals surface area contributed by atoms with Gasteiger partial charge in [0, 0.05) is 24.2 Å². The zero-order valence-electron chi connectivity index (χ0n) is 16.6. The summed E-state index contributed by atoms with van der Waals surface area (Å²) >= 11 is 0. The number of hydrogen-bond acceptors (Lipinski definition) is 4. The number of benzene rings is 1. The van der Waals surface area contributed by atoms with Crippen molar-refractivity contribution >= 4 is 11.6 Å². The summed E-state index contributed by atoms with van der Waals surface area (Å²) in [7, 11) is 1.51. The molecule has 6 nitrogen and oxygen atoms in total. The molecule has 1 aromatic carbocycles. The standard InChI is InChI=1S/C21H21F3N4O2/c1-13-5-3-4-10-27(13)20(29)17-12-19-25-16(14-6-8-15(30-2)9-7-14)11-18(21(22,23)24)28(19)26-17/h6-9,11-13H,3-5,10H2,1-2H3/t13-/m0/s1. The highest BCUT2D eigenvalue weighted by molar-refractivity contribution is 5.93. The van der Waals surface area contributed by atoms with Crippen molar-refractivity contribution in [2.45, 2.75) is 38.4 Å². The van der Waals surface area contributed by atoms with Crippen LogP contribution >= 0.6 is 0 Å². The summed E-state index contributed by atoms with van der Waals surface area (Å²) in [5.41, 5.74) is -0.397. The number of methoxy groups -OCH3 is 1. The third-order valence-electron chi connectivity index (χ3n) is 5.39. The summed E-state index contributed by atoms with van der Waals surface area (Å²) in [6, 6.07) is 8.87. The number of halogens is 3. The van der Waals surface area contributed by atoms with Crippen LogP contribution in [0, 0.1) is 0 Å². The molecule has 0 unspecified atom stereocenters. The Morgan fingerprint density at radius 3 is 2.53 bits per heavy atom. The van der Waals surface area contributed by atoms with Crippen molar-refractivity contribution in [1.29, 1.82) is 0 Å². The average Bonchev–Trinajstić information content (AvgIpc) is 3.16. The minimum atomic E-state index is -4.66. The van der Waals surface area contributed by atoms with Crippen molar-refractivity contribution in [3.8, 4) is 17.0 Å². The molecule has 9 heteroatoms. The van der Waals surface area contributed by atoms with Gasteiger partial charge < -0.3 is 9.64 Å². The van der Waals surface area contributed by atoms with Gasteiger partial charge in [-0.25, -0.2) is 9.50 Å². The van der Waals surface area contributed by atoms with E-state index in [9.17, 15) is 18.0 Å². The van der Waals surface area contributed by atoms with Gasteiger partial charge in [0.15, 0.2) is 17.0 Å². The summed E-state index contributed by atoms with van der Waals surface area (Å²) in [5, 5.41) is 3.97. The number of ether oxygens (including phenoxy) is 1. The number of carbonyl (C=O) groups excluding carboxylic acids is 1. The van der Waals surface area contributed by atoms with Crippen LogP contribution in [-0.2, 0) is 6.18 Å². The average molecular weight is 418 g/mol. The minimum absolute atomic E-state index is 0.0244. The van der Waals surface area contributed by atoms with Crippen LogP contribution in [0.5, 0.6) is 5.75 Å². The molecular weight excluding hydrogens is 397 g/mol. The number of hydrogen-bond donors (Lipinski definition) is 0. The Kier molecular flexibility index (Phi) is 5.13. The number of likely N-dealkylation sites (tertiary alicyclic amines) is 1. The molecular formula is C21H21F3N4O2. The lowest BCUT2D eigenvalue weighted by Gasteiger charge is -2.32. The summed E-state index contributed by atoms with van der Waals surface area (Å²) in [5.74, 6) is 0.218. The maximum atomic E-state index is 13.8. The molecule has 4 rings (SSSR count). The highest BCUT2D eigenvalue weighted by Gasteiger charge is 2.36. The van der Waals surface area contributed by atoms with Crippen molar-refractivity contribution in [3.05, 3.63) is 47.8 Å². The van der Waals surface area contributed by atoms with E-state index in [2.05, 4.69) is 10.1 Å². The molecule has 30 heavy (non-hydrogen) atoms. The van der Waals surface area contributed by atoms with Gasteiger partial charge in [-0.1, -0.05) is 0 Å². The minimum Gasteiger partial charge on any atom is -0.497 e. The second kappa shape index (κ2) is 7.62. The van der Waals surface area contributed by atoms with E-state index in [0.717, 1.165) is 25.3 Å². The fraction of sp³-hybridized carbons (Fsp3) is 0.381. The van der Waals surface area contributed by atoms with E-state index in [1.54, 1.807) is 29.2 Å². The van der Waals surface area contributed by atoms with Gasteiger partial charge in [-0.05, 0) is 56.5 Å². The van der Waals surface area contributed by atoms with Crippen molar-refractivity contribution in [1.82, 2.24) is 19.5 Å². The molecule has 3 aromatic rings. The summed E-state index contributed by atoms with van der Waals surface area (Å²) in [6.45, 7) is 2.51. The van der Waals surface area contributed by atoms with Crippen molar-refractivity contribution in [3.63, 3.8) is 0 Å². The molecule has 1 atom stereocenters. The molecule has 0 radical (unpaired) electrons. The fourth-order valence-electron chi connectivity index (χ4n) is 3.74. The van der Waals surface area contributed by atoms with Crippen LogP contribution in [0.4, 0.5) is 13.2 Å². The summed E-state index contributed by atoms with van der Waals surface area (Å²) in [6.07, 6.45) is -1.89.